The van der Waals surface area contributed by atoms with Gasteiger partial charge in [-0.05, 0) is 19.4 Å². The molecule has 2 N–H and O–H groups in total. The molecular weight excluding hydrogens is 246 g/mol. The van der Waals surface area contributed by atoms with Crippen LogP contribution in [0, 0.1) is 13.8 Å². The lowest BCUT2D eigenvalue weighted by Crippen LogP contribution is -2.14. The molecule has 0 aromatic heterocycles. The molecule has 0 heterocycles. The summed E-state index contributed by atoms with van der Waals surface area (Å²) in [6.07, 6.45) is 0.445. The fourth-order valence-corrected chi connectivity index (χ4v) is 2.71. The quantitative estimate of drug-likeness (QED) is 0.636. The van der Waals surface area contributed by atoms with Crippen molar-refractivity contribution >= 4 is 17.7 Å². The molecule has 4 heteroatoms. The van der Waals surface area contributed by atoms with Crippen LogP contribution >= 0.6 is 11.8 Å². The maximum atomic E-state index is 10.9. The van der Waals surface area contributed by atoms with Crippen LogP contribution in [0.3, 0.4) is 0 Å². The number of ether oxygens (including phenoxy) is 1. The van der Waals surface area contributed by atoms with Crippen molar-refractivity contribution < 1.29 is 9.53 Å². The third kappa shape index (κ3) is 5.10. The Labute approximate surface area is 113 Å². The summed E-state index contributed by atoms with van der Waals surface area (Å²) in [4.78, 5) is 10.9. The Morgan fingerprint density at radius 2 is 1.94 bits per heavy atom. The predicted molar refractivity (Wildman–Crippen MR) is 76.8 cm³/mol. The van der Waals surface area contributed by atoms with Crippen LogP contribution in [0.15, 0.2) is 18.2 Å². The minimum Gasteiger partial charge on any atom is -0.469 e. The van der Waals surface area contributed by atoms with Gasteiger partial charge < -0.3 is 10.5 Å². The van der Waals surface area contributed by atoms with E-state index in [2.05, 4.69) is 36.8 Å². The van der Waals surface area contributed by atoms with E-state index in [1.807, 2.05) is 0 Å². The summed E-state index contributed by atoms with van der Waals surface area (Å²) in [6, 6.07) is 6.41. The van der Waals surface area contributed by atoms with E-state index in [-0.39, 0.29) is 12.0 Å². The third-order valence-electron chi connectivity index (χ3n) is 2.65. The van der Waals surface area contributed by atoms with Crippen LogP contribution in [-0.4, -0.2) is 24.6 Å². The van der Waals surface area contributed by atoms with Gasteiger partial charge in [0, 0.05) is 17.5 Å². The number of hydrogen-bond acceptors (Lipinski definition) is 4. The zero-order valence-electron chi connectivity index (χ0n) is 11.2. The molecule has 1 unspecified atom stereocenters. The molecule has 0 amide bonds. The molecule has 0 radical (unpaired) electrons. The van der Waals surface area contributed by atoms with E-state index in [0.29, 0.717) is 6.42 Å². The first-order chi connectivity index (χ1) is 8.52. The van der Waals surface area contributed by atoms with Gasteiger partial charge in [0.15, 0.2) is 0 Å². The van der Waals surface area contributed by atoms with E-state index in [1.54, 1.807) is 11.8 Å². The van der Waals surface area contributed by atoms with Crippen molar-refractivity contribution in [3.05, 3.63) is 34.9 Å². The van der Waals surface area contributed by atoms with Crippen LogP contribution in [0.1, 0.15) is 29.2 Å². The Morgan fingerprint density at radius 1 is 1.33 bits per heavy atom. The summed E-state index contributed by atoms with van der Waals surface area (Å²) in [6.45, 7) is 4.15. The molecule has 0 saturated heterocycles. The first kappa shape index (κ1) is 15.1. The molecular formula is C14H21NO2S. The second kappa shape index (κ2) is 7.44. The van der Waals surface area contributed by atoms with Gasteiger partial charge in [0.25, 0.3) is 0 Å². The molecule has 1 aromatic rings. The summed E-state index contributed by atoms with van der Waals surface area (Å²) in [7, 11) is 1.41. The number of esters is 1. The van der Waals surface area contributed by atoms with Crippen molar-refractivity contribution in [2.45, 2.75) is 26.3 Å². The topological polar surface area (TPSA) is 52.3 Å². The molecule has 0 spiro atoms. The lowest BCUT2D eigenvalue weighted by molar-refractivity contribution is -0.140. The summed E-state index contributed by atoms with van der Waals surface area (Å²) < 4.78 is 4.59. The Morgan fingerprint density at radius 3 is 2.50 bits per heavy atom. The molecule has 3 nitrogen and oxygen atoms in total. The van der Waals surface area contributed by atoms with Gasteiger partial charge in [0.1, 0.15) is 0 Å². The lowest BCUT2D eigenvalue weighted by Gasteiger charge is -2.13. The van der Waals surface area contributed by atoms with E-state index in [1.165, 1.54) is 18.2 Å². The monoisotopic (exact) mass is 267 g/mol. The summed E-state index contributed by atoms with van der Waals surface area (Å²) in [5.74, 6) is 1.41. The van der Waals surface area contributed by atoms with Gasteiger partial charge in [-0.1, -0.05) is 29.3 Å². The second-order valence-electron chi connectivity index (χ2n) is 4.43. The highest BCUT2D eigenvalue weighted by atomic mass is 32.2. The summed E-state index contributed by atoms with van der Waals surface area (Å²) >= 11 is 1.69. The predicted octanol–water partition coefficient (Wildman–Crippen LogP) is 2.60. The summed E-state index contributed by atoms with van der Waals surface area (Å²) in [5.41, 5.74) is 9.78. The second-order valence-corrected chi connectivity index (χ2v) is 5.58. The van der Waals surface area contributed by atoms with Crippen molar-refractivity contribution in [2.24, 2.45) is 5.73 Å². The number of hydrogen-bond donors (Lipinski definition) is 1. The molecule has 0 fully saturated rings. The average Bonchev–Trinajstić information content (AvgIpc) is 2.32. The molecule has 0 aliphatic heterocycles. The maximum absolute atomic E-state index is 10.9. The van der Waals surface area contributed by atoms with Crippen LogP contribution in [0.2, 0.25) is 0 Å². The van der Waals surface area contributed by atoms with Crippen molar-refractivity contribution in [2.75, 3.05) is 18.6 Å². The zero-order chi connectivity index (χ0) is 13.5. The lowest BCUT2D eigenvalue weighted by atomic mass is 10.0. The average molecular weight is 267 g/mol. The highest BCUT2D eigenvalue weighted by molar-refractivity contribution is 7.99. The molecule has 18 heavy (non-hydrogen) atoms. The van der Waals surface area contributed by atoms with Crippen LogP contribution in [0.25, 0.3) is 0 Å². The van der Waals surface area contributed by atoms with E-state index >= 15 is 0 Å². The standard InChI is InChI=1S/C14H21NO2S/c1-10-6-11(2)8-12(7-10)13(15)9-18-5-4-14(16)17-3/h6-8,13H,4-5,9,15H2,1-3H3. The zero-order valence-corrected chi connectivity index (χ0v) is 12.0. The van der Waals surface area contributed by atoms with E-state index in [4.69, 9.17) is 5.73 Å². The molecule has 1 rings (SSSR count). The first-order valence-electron chi connectivity index (χ1n) is 6.01. The minimum absolute atomic E-state index is 0.0197. The largest absolute Gasteiger partial charge is 0.469 e. The third-order valence-corrected chi connectivity index (χ3v) is 3.74. The highest BCUT2D eigenvalue weighted by Crippen LogP contribution is 2.19. The van der Waals surface area contributed by atoms with Crippen LogP contribution in [0.4, 0.5) is 0 Å². The Bertz CT molecular complexity index is 387. The SMILES string of the molecule is COC(=O)CCSCC(N)c1cc(C)cc(C)c1. The van der Waals surface area contributed by atoms with Gasteiger partial charge in [-0.15, -0.1) is 0 Å². The number of carbonyl (C=O) groups excluding carboxylic acids is 1. The van der Waals surface area contributed by atoms with Gasteiger partial charge in [-0.2, -0.15) is 11.8 Å². The molecule has 0 saturated carbocycles. The molecule has 0 bridgehead atoms. The number of benzene rings is 1. The Hall–Kier alpha value is -1.00. The smallest absolute Gasteiger partial charge is 0.306 e. The highest BCUT2D eigenvalue weighted by Gasteiger charge is 2.08. The van der Waals surface area contributed by atoms with Crippen molar-refractivity contribution in [1.82, 2.24) is 0 Å². The van der Waals surface area contributed by atoms with Gasteiger partial charge in [-0.3, -0.25) is 4.79 Å². The Kier molecular flexibility index (Phi) is 6.22. The van der Waals surface area contributed by atoms with Crippen molar-refractivity contribution in [1.29, 1.82) is 0 Å². The molecule has 1 atom stereocenters. The van der Waals surface area contributed by atoms with E-state index in [0.717, 1.165) is 17.1 Å². The number of rotatable bonds is 6. The normalized spacial score (nSPS) is 12.2. The van der Waals surface area contributed by atoms with Crippen molar-refractivity contribution in [3.8, 4) is 0 Å². The fraction of sp³-hybridized carbons (Fsp3) is 0.500. The van der Waals surface area contributed by atoms with Gasteiger partial charge in [-0.25, -0.2) is 0 Å². The van der Waals surface area contributed by atoms with Crippen LogP contribution in [0.5, 0.6) is 0 Å². The fourth-order valence-electron chi connectivity index (χ4n) is 1.79. The summed E-state index contributed by atoms with van der Waals surface area (Å²) in [5, 5.41) is 0. The minimum atomic E-state index is -0.164. The number of aryl methyl sites for hydroxylation is 2. The molecule has 100 valence electrons. The van der Waals surface area contributed by atoms with E-state index < -0.39 is 0 Å². The number of methoxy groups -OCH3 is 1. The van der Waals surface area contributed by atoms with Gasteiger partial charge >= 0.3 is 5.97 Å². The van der Waals surface area contributed by atoms with Gasteiger partial charge in [0.05, 0.1) is 13.5 Å². The number of carbonyl (C=O) groups is 1. The first-order valence-corrected chi connectivity index (χ1v) is 7.16. The molecule has 0 aliphatic carbocycles. The van der Waals surface area contributed by atoms with Crippen molar-refractivity contribution in [3.63, 3.8) is 0 Å². The Balaban J connectivity index is 2.40. The number of thioether (sulfide) groups is 1. The molecule has 0 aliphatic rings. The van der Waals surface area contributed by atoms with Crippen LogP contribution < -0.4 is 5.73 Å². The van der Waals surface area contributed by atoms with Crippen LogP contribution in [-0.2, 0) is 9.53 Å². The molecule has 1 aromatic carbocycles. The maximum Gasteiger partial charge on any atom is 0.306 e. The van der Waals surface area contributed by atoms with Gasteiger partial charge in [0.2, 0.25) is 0 Å². The van der Waals surface area contributed by atoms with E-state index in [9.17, 15) is 4.79 Å². The number of nitrogens with two attached hydrogens (primary N) is 1.